The van der Waals surface area contributed by atoms with Gasteiger partial charge in [-0.2, -0.15) is 9.98 Å². The summed E-state index contributed by atoms with van der Waals surface area (Å²) in [5, 5.41) is 2.65. The molecule has 0 saturated carbocycles. The van der Waals surface area contributed by atoms with Gasteiger partial charge in [0.2, 0.25) is 0 Å². The predicted octanol–water partition coefficient (Wildman–Crippen LogP) is -3.57. The maximum atomic E-state index is 11.6. The van der Waals surface area contributed by atoms with Crippen LogP contribution in [0.4, 0.5) is 5.69 Å². The van der Waals surface area contributed by atoms with Crippen LogP contribution in [0.25, 0.3) is 6.08 Å². The van der Waals surface area contributed by atoms with Crippen molar-refractivity contribution in [2.45, 2.75) is 10.1 Å². The van der Waals surface area contributed by atoms with Gasteiger partial charge in [0.25, 0.3) is 0 Å². The molecule has 1 aliphatic rings. The van der Waals surface area contributed by atoms with Crippen molar-refractivity contribution < 1.29 is 85.1 Å². The van der Waals surface area contributed by atoms with Gasteiger partial charge < -0.3 is 9.11 Å². The van der Waals surface area contributed by atoms with Gasteiger partial charge in [-0.15, -0.1) is 0 Å². The maximum Gasteiger partial charge on any atom is 1.00 e. The van der Waals surface area contributed by atoms with Crippen molar-refractivity contribution in [1.29, 1.82) is 0 Å². The molecule has 0 radical (unpaired) electrons. The molecule has 14 heteroatoms. The first kappa shape index (κ1) is 29.9. The molecule has 2 atom stereocenters. The second kappa shape index (κ2) is 12.8. The number of aliphatic imine (C=N–C) groups is 2. The standard InChI is InChI=1S/C16H12N2O6S4.2Na/c19-27(20,21)15-7-13(17-9-25)5-3-11(15)1-2-12-4-6-14(18-10-26)8-16(12)28(22,23)24;;/h1-8,11,15H,(H,19,20,21)(H,22,23,24);;/q;2*+1/p-2. The SMILES string of the molecule is O=S(=O)([O-])c1cc(N=C=S)ccc1C=CC1C=CC(N=C=S)=CC1S(=O)(=O)[O-].[Na+].[Na+]. The van der Waals surface area contributed by atoms with E-state index < -0.39 is 36.3 Å². The number of hydrogen-bond acceptors (Lipinski definition) is 10. The van der Waals surface area contributed by atoms with E-state index in [0.29, 0.717) is 0 Å². The van der Waals surface area contributed by atoms with Crippen molar-refractivity contribution in [3.05, 3.63) is 53.8 Å². The van der Waals surface area contributed by atoms with Gasteiger partial charge in [0.05, 0.1) is 31.9 Å². The number of benzene rings is 1. The van der Waals surface area contributed by atoms with Crippen LogP contribution in [0.2, 0.25) is 0 Å². The zero-order valence-electron chi connectivity index (χ0n) is 15.8. The molecular formula is C16H10N2Na2O6S4. The second-order valence-corrected chi connectivity index (χ2v) is 8.67. The molecule has 0 aromatic heterocycles. The molecule has 2 rings (SSSR count). The maximum absolute atomic E-state index is 11.6. The fourth-order valence-electron chi connectivity index (χ4n) is 2.45. The van der Waals surface area contributed by atoms with Gasteiger partial charge in [-0.3, -0.25) is 0 Å². The number of rotatable bonds is 6. The average Bonchev–Trinajstić information content (AvgIpc) is 2.60. The second-order valence-electron chi connectivity index (χ2n) is 5.43. The molecule has 0 spiro atoms. The van der Waals surface area contributed by atoms with Crippen LogP contribution in [0.5, 0.6) is 0 Å². The third-order valence-corrected chi connectivity index (χ3v) is 5.84. The fraction of sp³-hybridized carbons (Fsp3) is 0.125. The minimum absolute atomic E-state index is 0. The topological polar surface area (TPSA) is 139 Å². The summed E-state index contributed by atoms with van der Waals surface area (Å²) in [6, 6.07) is 3.72. The molecule has 1 aromatic rings. The van der Waals surface area contributed by atoms with E-state index >= 15 is 0 Å². The Morgan fingerprint density at radius 2 is 1.67 bits per heavy atom. The van der Waals surface area contributed by atoms with E-state index in [4.69, 9.17) is 0 Å². The van der Waals surface area contributed by atoms with E-state index in [2.05, 4.69) is 44.7 Å². The van der Waals surface area contributed by atoms with Crippen LogP contribution in [0.1, 0.15) is 5.56 Å². The summed E-state index contributed by atoms with van der Waals surface area (Å²) in [7, 11) is -9.60. The summed E-state index contributed by atoms with van der Waals surface area (Å²) in [6.45, 7) is 0. The molecule has 0 bridgehead atoms. The molecule has 0 saturated heterocycles. The Balaban J connectivity index is 0.00000420. The molecule has 0 heterocycles. The first-order chi connectivity index (χ1) is 13.1. The van der Waals surface area contributed by atoms with Gasteiger partial charge in [0, 0.05) is 5.92 Å². The van der Waals surface area contributed by atoms with Gasteiger partial charge in [0.15, 0.2) is 0 Å². The van der Waals surface area contributed by atoms with Crippen LogP contribution in [0, 0.1) is 5.92 Å². The Kier molecular flexibility index (Phi) is 12.7. The zero-order valence-corrected chi connectivity index (χ0v) is 23.0. The van der Waals surface area contributed by atoms with Crippen molar-refractivity contribution in [1.82, 2.24) is 0 Å². The van der Waals surface area contributed by atoms with Crippen LogP contribution in [0.3, 0.4) is 0 Å². The number of allylic oxidation sites excluding steroid dienone is 3. The number of nitrogens with zero attached hydrogens (tertiary/aromatic N) is 2. The average molecular weight is 501 g/mol. The third-order valence-electron chi connectivity index (χ3n) is 3.65. The van der Waals surface area contributed by atoms with Crippen LogP contribution in [0.15, 0.2) is 63.1 Å². The van der Waals surface area contributed by atoms with Gasteiger partial charge >= 0.3 is 59.1 Å². The summed E-state index contributed by atoms with van der Waals surface area (Å²) in [4.78, 5) is 6.68. The molecule has 0 amide bonds. The van der Waals surface area contributed by atoms with E-state index in [9.17, 15) is 25.9 Å². The Bertz CT molecular complexity index is 1200. The van der Waals surface area contributed by atoms with E-state index in [1.807, 2.05) is 0 Å². The quantitative estimate of drug-likeness (QED) is 0.169. The summed E-state index contributed by atoms with van der Waals surface area (Å²) >= 11 is 8.89. The van der Waals surface area contributed by atoms with Crippen molar-refractivity contribution in [2.75, 3.05) is 0 Å². The summed E-state index contributed by atoms with van der Waals surface area (Å²) in [5.41, 5.74) is 0.277. The first-order valence-electron chi connectivity index (χ1n) is 7.35. The van der Waals surface area contributed by atoms with Crippen molar-refractivity contribution in [3.63, 3.8) is 0 Å². The number of hydrogen-bond donors (Lipinski definition) is 0. The Morgan fingerprint density at radius 1 is 1.03 bits per heavy atom. The monoisotopic (exact) mass is 500 g/mol. The zero-order chi connectivity index (χ0) is 20.9. The molecule has 1 aliphatic carbocycles. The van der Waals surface area contributed by atoms with Gasteiger partial charge in [-0.05, 0) is 54.3 Å². The molecule has 1 aromatic carbocycles. The first-order valence-corrected chi connectivity index (χ1v) is 11.0. The Labute approximate surface area is 229 Å². The molecular weight excluding hydrogens is 490 g/mol. The minimum atomic E-state index is -4.85. The largest absolute Gasteiger partial charge is 1.00 e. The van der Waals surface area contributed by atoms with Crippen LogP contribution < -0.4 is 59.1 Å². The third kappa shape index (κ3) is 8.42. The normalized spacial score (nSPS) is 18.3. The number of isothiocyanates is 2. The van der Waals surface area contributed by atoms with Gasteiger partial charge in [0.1, 0.15) is 20.2 Å². The minimum Gasteiger partial charge on any atom is -0.747 e. The van der Waals surface area contributed by atoms with Crippen LogP contribution >= 0.6 is 24.4 Å². The summed E-state index contributed by atoms with van der Waals surface area (Å²) in [5.74, 6) is -0.910. The van der Waals surface area contributed by atoms with E-state index in [1.165, 1.54) is 36.4 Å². The fourth-order valence-corrected chi connectivity index (χ4v) is 4.22. The van der Waals surface area contributed by atoms with E-state index in [1.54, 1.807) is 0 Å². The molecule has 2 unspecified atom stereocenters. The smallest absolute Gasteiger partial charge is 0.747 e. The van der Waals surface area contributed by atoms with Crippen LogP contribution in [-0.2, 0) is 20.2 Å². The molecule has 0 aliphatic heterocycles. The summed E-state index contributed by atoms with van der Waals surface area (Å²) < 4.78 is 69.3. The number of thiocarbonyl (C=S) groups is 2. The van der Waals surface area contributed by atoms with Crippen molar-refractivity contribution >= 4 is 66.8 Å². The summed E-state index contributed by atoms with van der Waals surface area (Å²) in [6.07, 6.45) is 6.51. The van der Waals surface area contributed by atoms with E-state index in [0.717, 1.165) is 12.1 Å². The Morgan fingerprint density at radius 3 is 2.20 bits per heavy atom. The van der Waals surface area contributed by atoms with Gasteiger partial charge in [-0.25, -0.2) is 16.8 Å². The van der Waals surface area contributed by atoms with Gasteiger partial charge in [-0.1, -0.05) is 24.3 Å². The molecule has 0 N–H and O–H groups in total. The van der Waals surface area contributed by atoms with E-state index in [-0.39, 0.29) is 76.1 Å². The Hall–Kier alpha value is -0.140. The van der Waals surface area contributed by atoms with Crippen molar-refractivity contribution in [3.8, 4) is 0 Å². The molecule has 30 heavy (non-hydrogen) atoms. The molecule has 8 nitrogen and oxygen atoms in total. The molecule has 146 valence electrons. The van der Waals surface area contributed by atoms with Crippen molar-refractivity contribution in [2.24, 2.45) is 15.9 Å². The molecule has 0 fully saturated rings. The predicted molar refractivity (Wildman–Crippen MR) is 107 cm³/mol. The van der Waals surface area contributed by atoms with Crippen LogP contribution in [-0.4, -0.2) is 41.5 Å².